The molecule has 0 aliphatic rings. The Kier molecular flexibility index (Phi) is 1.58. The van der Waals surface area contributed by atoms with E-state index >= 15 is 0 Å². The Morgan fingerprint density at radius 2 is 2.25 bits per heavy atom. The van der Waals surface area contributed by atoms with Crippen LogP contribution in [-0.2, 0) is 7.05 Å². The first kappa shape index (κ1) is 7.61. The minimum atomic E-state index is -0.297. The van der Waals surface area contributed by atoms with E-state index in [9.17, 15) is 4.79 Å². The van der Waals surface area contributed by atoms with Gasteiger partial charge in [0, 0.05) is 11.5 Å². The number of aryl methyl sites for hydroxylation is 1. The van der Waals surface area contributed by atoms with Crippen LogP contribution in [0.3, 0.4) is 0 Å². The molecule has 62 valence electrons. The van der Waals surface area contributed by atoms with Gasteiger partial charge in [-0.2, -0.15) is 0 Å². The molecule has 0 unspecified atom stereocenters. The summed E-state index contributed by atoms with van der Waals surface area (Å²) in [6.07, 6.45) is 0. The van der Waals surface area contributed by atoms with Crippen LogP contribution in [-0.4, -0.2) is 4.74 Å². The highest BCUT2D eigenvalue weighted by Gasteiger charge is 2.05. The quantitative estimate of drug-likeness (QED) is 0.690. The van der Waals surface area contributed by atoms with Crippen molar-refractivity contribution in [3.8, 4) is 0 Å². The second-order valence-corrected chi connectivity index (χ2v) is 3.45. The molecule has 1 aromatic heterocycles. The predicted octanol–water partition coefficient (Wildman–Crippen LogP) is 1.89. The zero-order valence-electron chi connectivity index (χ0n) is 6.37. The first-order chi connectivity index (χ1) is 5.68. The third-order valence-corrected chi connectivity index (χ3v) is 2.23. The average Bonchev–Trinajstić information content (AvgIpc) is 2.28. The van der Waals surface area contributed by atoms with Gasteiger partial charge in [0.25, 0.3) is 0 Å². The van der Waals surface area contributed by atoms with Crippen LogP contribution in [0.1, 0.15) is 0 Å². The minimum absolute atomic E-state index is 0.297. The molecule has 0 N–H and O–H groups in total. The summed E-state index contributed by atoms with van der Waals surface area (Å²) in [6.45, 7) is 0. The molecule has 0 saturated heterocycles. The molecular formula is C8H6BrNO2. The normalized spacial score (nSPS) is 10.8. The second-order valence-electron chi connectivity index (χ2n) is 2.54. The fourth-order valence-corrected chi connectivity index (χ4v) is 1.53. The molecule has 0 fully saturated rings. The average molecular weight is 228 g/mol. The zero-order chi connectivity index (χ0) is 8.72. The molecule has 0 atom stereocenters. The molecule has 2 aromatic rings. The van der Waals surface area contributed by atoms with E-state index in [4.69, 9.17) is 4.52 Å². The topological polar surface area (TPSA) is 35.1 Å². The van der Waals surface area contributed by atoms with E-state index < -0.39 is 0 Å². The SMILES string of the molecule is Cn1oc(=O)c2cc(Br)ccc21. The minimum Gasteiger partial charge on any atom is -0.336 e. The molecule has 0 bridgehead atoms. The van der Waals surface area contributed by atoms with Crippen molar-refractivity contribution >= 4 is 26.8 Å². The van der Waals surface area contributed by atoms with Crippen LogP contribution in [0.5, 0.6) is 0 Å². The highest BCUT2D eigenvalue weighted by atomic mass is 79.9. The molecule has 0 amide bonds. The molecule has 12 heavy (non-hydrogen) atoms. The first-order valence-corrected chi connectivity index (χ1v) is 4.23. The number of aromatic nitrogens is 1. The van der Waals surface area contributed by atoms with Crippen molar-refractivity contribution in [3.63, 3.8) is 0 Å². The molecule has 0 aliphatic carbocycles. The van der Waals surface area contributed by atoms with E-state index in [1.165, 1.54) is 4.74 Å². The first-order valence-electron chi connectivity index (χ1n) is 3.44. The van der Waals surface area contributed by atoms with Crippen LogP contribution in [0.2, 0.25) is 0 Å². The van der Waals surface area contributed by atoms with Gasteiger partial charge < -0.3 is 4.52 Å². The summed E-state index contributed by atoms with van der Waals surface area (Å²) in [6, 6.07) is 5.46. The summed E-state index contributed by atoms with van der Waals surface area (Å²) in [5.74, 6) is 0. The molecule has 1 heterocycles. The Morgan fingerprint density at radius 3 is 3.00 bits per heavy atom. The summed E-state index contributed by atoms with van der Waals surface area (Å²) in [5, 5.41) is 0.604. The molecule has 0 radical (unpaired) electrons. The van der Waals surface area contributed by atoms with Gasteiger partial charge >= 0.3 is 5.63 Å². The van der Waals surface area contributed by atoms with E-state index in [0.29, 0.717) is 5.39 Å². The van der Waals surface area contributed by atoms with E-state index in [0.717, 1.165) is 9.99 Å². The van der Waals surface area contributed by atoms with Crippen molar-refractivity contribution in [2.45, 2.75) is 0 Å². The molecule has 2 rings (SSSR count). The van der Waals surface area contributed by atoms with Crippen LogP contribution < -0.4 is 5.63 Å². The van der Waals surface area contributed by atoms with Gasteiger partial charge in [-0.25, -0.2) is 9.53 Å². The van der Waals surface area contributed by atoms with Crippen LogP contribution in [0, 0.1) is 0 Å². The van der Waals surface area contributed by atoms with Crippen molar-refractivity contribution in [1.82, 2.24) is 4.74 Å². The van der Waals surface area contributed by atoms with Gasteiger partial charge in [0.15, 0.2) is 0 Å². The van der Waals surface area contributed by atoms with Crippen molar-refractivity contribution in [3.05, 3.63) is 33.1 Å². The van der Waals surface area contributed by atoms with Crippen LogP contribution in [0.25, 0.3) is 10.9 Å². The van der Waals surface area contributed by atoms with Crippen LogP contribution in [0.15, 0.2) is 32.0 Å². The van der Waals surface area contributed by atoms with E-state index in [1.54, 1.807) is 13.1 Å². The molecular weight excluding hydrogens is 222 g/mol. The Morgan fingerprint density at radius 1 is 1.50 bits per heavy atom. The lowest BCUT2D eigenvalue weighted by molar-refractivity contribution is 0.296. The maximum atomic E-state index is 11.1. The summed E-state index contributed by atoms with van der Waals surface area (Å²) in [7, 11) is 1.71. The number of benzene rings is 1. The summed E-state index contributed by atoms with van der Waals surface area (Å²) < 4.78 is 7.21. The van der Waals surface area contributed by atoms with E-state index in [1.807, 2.05) is 12.1 Å². The van der Waals surface area contributed by atoms with Gasteiger partial charge in [0.1, 0.15) is 0 Å². The third kappa shape index (κ3) is 0.992. The molecule has 0 aliphatic heterocycles. The summed E-state index contributed by atoms with van der Waals surface area (Å²) >= 11 is 3.29. The van der Waals surface area contributed by atoms with E-state index in [-0.39, 0.29) is 5.63 Å². The predicted molar refractivity (Wildman–Crippen MR) is 49.2 cm³/mol. The fourth-order valence-electron chi connectivity index (χ4n) is 1.17. The lowest BCUT2D eigenvalue weighted by Crippen LogP contribution is -1.91. The Balaban J connectivity index is 3.00. The fraction of sp³-hybridized carbons (Fsp3) is 0.125. The maximum absolute atomic E-state index is 11.1. The Hall–Kier alpha value is -1.03. The van der Waals surface area contributed by atoms with E-state index in [2.05, 4.69) is 15.9 Å². The standard InChI is InChI=1S/C8H6BrNO2/c1-10-7-3-2-5(9)4-6(7)8(11)12-10/h2-4H,1H3. The van der Waals surface area contributed by atoms with Gasteiger partial charge in [-0.15, -0.1) is 0 Å². The van der Waals surface area contributed by atoms with Crippen molar-refractivity contribution in [2.75, 3.05) is 0 Å². The van der Waals surface area contributed by atoms with Gasteiger partial charge in [0.05, 0.1) is 10.9 Å². The molecule has 0 spiro atoms. The smallest absolute Gasteiger partial charge is 0.336 e. The molecule has 4 heteroatoms. The zero-order valence-corrected chi connectivity index (χ0v) is 7.96. The molecule has 0 saturated carbocycles. The van der Waals surface area contributed by atoms with Gasteiger partial charge in [-0.3, -0.25) is 0 Å². The largest absolute Gasteiger partial charge is 0.365 e. The van der Waals surface area contributed by atoms with Crippen molar-refractivity contribution in [2.24, 2.45) is 7.05 Å². The highest BCUT2D eigenvalue weighted by molar-refractivity contribution is 9.10. The molecule has 1 aromatic carbocycles. The van der Waals surface area contributed by atoms with Gasteiger partial charge in [-0.05, 0) is 18.2 Å². The highest BCUT2D eigenvalue weighted by Crippen LogP contribution is 2.16. The third-order valence-electron chi connectivity index (χ3n) is 1.74. The number of fused-ring (bicyclic) bond motifs is 1. The summed E-state index contributed by atoms with van der Waals surface area (Å²) in [4.78, 5) is 11.1. The molecule has 3 nitrogen and oxygen atoms in total. The lowest BCUT2D eigenvalue weighted by atomic mass is 10.2. The number of hydrogen-bond acceptors (Lipinski definition) is 2. The summed E-state index contributed by atoms with van der Waals surface area (Å²) in [5.41, 5.74) is 0.511. The van der Waals surface area contributed by atoms with Gasteiger partial charge in [-0.1, -0.05) is 15.9 Å². The number of halogens is 1. The van der Waals surface area contributed by atoms with Gasteiger partial charge in [0.2, 0.25) is 0 Å². The lowest BCUT2D eigenvalue weighted by Gasteiger charge is -1.91. The second kappa shape index (κ2) is 2.48. The number of rotatable bonds is 0. The monoisotopic (exact) mass is 227 g/mol. The maximum Gasteiger partial charge on any atom is 0.365 e. The van der Waals surface area contributed by atoms with Crippen molar-refractivity contribution < 1.29 is 4.52 Å². The number of nitrogens with zero attached hydrogens (tertiary/aromatic N) is 1. The Labute approximate surface area is 76.7 Å². The Bertz CT molecular complexity index is 483. The van der Waals surface area contributed by atoms with Crippen LogP contribution >= 0.6 is 15.9 Å². The van der Waals surface area contributed by atoms with Crippen LogP contribution in [0.4, 0.5) is 0 Å². The van der Waals surface area contributed by atoms with Crippen molar-refractivity contribution in [1.29, 1.82) is 0 Å². The number of hydrogen-bond donors (Lipinski definition) is 0.